The number of carbonyl (C=O) groups is 2. The maximum atomic E-state index is 12.3. The van der Waals surface area contributed by atoms with Crippen LogP contribution in [0.4, 0.5) is 5.69 Å². The maximum Gasteiger partial charge on any atom is 0.337 e. The predicted molar refractivity (Wildman–Crippen MR) is 87.6 cm³/mol. The smallest absolute Gasteiger partial charge is 0.337 e. The molecule has 0 fully saturated rings. The minimum absolute atomic E-state index is 0.273. The number of amides is 1. The molecule has 0 aliphatic carbocycles. The molecule has 0 radical (unpaired) electrons. The third kappa shape index (κ3) is 3.92. The van der Waals surface area contributed by atoms with Gasteiger partial charge in [-0.2, -0.15) is 0 Å². The van der Waals surface area contributed by atoms with Crippen molar-refractivity contribution in [3.63, 3.8) is 0 Å². The number of benzene rings is 2. The molecule has 2 rings (SSSR count). The Balaban J connectivity index is 2.23. The van der Waals surface area contributed by atoms with E-state index in [4.69, 9.17) is 0 Å². The number of rotatable bonds is 3. The first-order valence-corrected chi connectivity index (χ1v) is 7.54. The average molecular weight is 413 g/mol. The van der Waals surface area contributed by atoms with Gasteiger partial charge < -0.3 is 10.1 Å². The maximum absolute atomic E-state index is 12.3. The summed E-state index contributed by atoms with van der Waals surface area (Å²) in [4.78, 5) is 23.7. The lowest BCUT2D eigenvalue weighted by atomic mass is 10.1. The molecule has 2 aromatic rings. The first kappa shape index (κ1) is 15.7. The Hall–Kier alpha value is -1.66. The second-order valence-electron chi connectivity index (χ2n) is 4.15. The van der Waals surface area contributed by atoms with E-state index in [1.54, 1.807) is 36.4 Å². The van der Waals surface area contributed by atoms with Crippen molar-refractivity contribution in [2.24, 2.45) is 0 Å². The summed E-state index contributed by atoms with van der Waals surface area (Å²) in [7, 11) is 1.31. The lowest BCUT2D eigenvalue weighted by Crippen LogP contribution is -2.13. The zero-order valence-corrected chi connectivity index (χ0v) is 14.2. The van der Waals surface area contributed by atoms with Crippen LogP contribution in [0.3, 0.4) is 0 Å². The van der Waals surface area contributed by atoms with Crippen LogP contribution in [0.1, 0.15) is 20.7 Å². The van der Waals surface area contributed by atoms with Crippen LogP contribution >= 0.6 is 31.9 Å². The molecule has 108 valence electrons. The summed E-state index contributed by atoms with van der Waals surface area (Å²) in [6.07, 6.45) is 0. The van der Waals surface area contributed by atoms with Gasteiger partial charge in [-0.3, -0.25) is 4.79 Å². The first-order valence-electron chi connectivity index (χ1n) is 5.96. The molecule has 0 atom stereocenters. The first-order chi connectivity index (χ1) is 10.0. The molecule has 2 aromatic carbocycles. The fourth-order valence-electron chi connectivity index (χ4n) is 1.71. The molecule has 0 aliphatic rings. The topological polar surface area (TPSA) is 55.4 Å². The van der Waals surface area contributed by atoms with Crippen molar-refractivity contribution in [2.75, 3.05) is 12.4 Å². The second kappa shape index (κ2) is 6.87. The minimum atomic E-state index is -0.449. The van der Waals surface area contributed by atoms with Crippen LogP contribution in [-0.2, 0) is 4.74 Å². The largest absolute Gasteiger partial charge is 0.465 e. The van der Waals surface area contributed by atoms with E-state index in [0.717, 1.165) is 4.47 Å². The third-order valence-electron chi connectivity index (χ3n) is 2.71. The Morgan fingerprint density at radius 1 is 1.10 bits per heavy atom. The highest BCUT2D eigenvalue weighted by molar-refractivity contribution is 9.11. The van der Waals surface area contributed by atoms with Crippen molar-refractivity contribution in [3.05, 3.63) is 62.5 Å². The van der Waals surface area contributed by atoms with Crippen molar-refractivity contribution < 1.29 is 14.3 Å². The van der Waals surface area contributed by atoms with Gasteiger partial charge in [0.05, 0.1) is 18.2 Å². The second-order valence-corrected chi connectivity index (χ2v) is 5.92. The molecule has 1 amide bonds. The Labute approximate surface area is 138 Å². The van der Waals surface area contributed by atoms with Crippen molar-refractivity contribution in [3.8, 4) is 0 Å². The molecule has 0 saturated heterocycles. The van der Waals surface area contributed by atoms with Gasteiger partial charge in [0.1, 0.15) is 0 Å². The van der Waals surface area contributed by atoms with Gasteiger partial charge in [0.15, 0.2) is 0 Å². The van der Waals surface area contributed by atoms with Crippen LogP contribution in [0.5, 0.6) is 0 Å². The van der Waals surface area contributed by atoms with Crippen molar-refractivity contribution in [1.29, 1.82) is 0 Å². The minimum Gasteiger partial charge on any atom is -0.465 e. The summed E-state index contributed by atoms with van der Waals surface area (Å²) in [5, 5.41) is 2.75. The Bertz CT molecular complexity index is 701. The van der Waals surface area contributed by atoms with Crippen LogP contribution in [-0.4, -0.2) is 19.0 Å². The van der Waals surface area contributed by atoms with Crippen LogP contribution in [0, 0.1) is 0 Å². The molecule has 0 bridgehead atoms. The van der Waals surface area contributed by atoms with Gasteiger partial charge in [0.2, 0.25) is 0 Å². The van der Waals surface area contributed by atoms with E-state index in [-0.39, 0.29) is 5.91 Å². The molecular formula is C15H11Br2NO3. The number of ether oxygens (including phenoxy) is 1. The summed E-state index contributed by atoms with van der Waals surface area (Å²) in [5.41, 5.74) is 1.39. The number of halogens is 2. The summed E-state index contributed by atoms with van der Waals surface area (Å²) in [6.45, 7) is 0. The Morgan fingerprint density at radius 3 is 2.57 bits per heavy atom. The fourth-order valence-corrected chi connectivity index (χ4v) is 2.50. The van der Waals surface area contributed by atoms with Crippen LogP contribution in [0.25, 0.3) is 0 Å². The third-order valence-corrected chi connectivity index (χ3v) is 3.90. The predicted octanol–water partition coefficient (Wildman–Crippen LogP) is 4.25. The van der Waals surface area contributed by atoms with E-state index < -0.39 is 5.97 Å². The van der Waals surface area contributed by atoms with E-state index >= 15 is 0 Å². The van der Waals surface area contributed by atoms with Crippen LogP contribution in [0.2, 0.25) is 0 Å². The highest BCUT2D eigenvalue weighted by atomic mass is 79.9. The fraction of sp³-hybridized carbons (Fsp3) is 0.0667. The lowest BCUT2D eigenvalue weighted by molar-refractivity contribution is 0.0600. The normalized spacial score (nSPS) is 10.0. The van der Waals surface area contributed by atoms with Gasteiger partial charge in [-0.1, -0.05) is 22.0 Å². The summed E-state index contributed by atoms with van der Waals surface area (Å²) >= 11 is 6.67. The standard InChI is InChI=1S/C15H11Br2NO3/c1-21-15(20)9-3-2-4-11(7-9)18-14(19)12-8-10(16)5-6-13(12)17/h2-8H,1H3,(H,18,19). The van der Waals surface area contributed by atoms with E-state index in [1.807, 2.05) is 6.07 Å². The highest BCUT2D eigenvalue weighted by Crippen LogP contribution is 2.23. The highest BCUT2D eigenvalue weighted by Gasteiger charge is 2.12. The Morgan fingerprint density at radius 2 is 1.86 bits per heavy atom. The Kier molecular flexibility index (Phi) is 5.14. The number of methoxy groups -OCH3 is 1. The van der Waals surface area contributed by atoms with E-state index in [1.165, 1.54) is 7.11 Å². The van der Waals surface area contributed by atoms with Crippen LogP contribution < -0.4 is 5.32 Å². The number of anilines is 1. The lowest BCUT2D eigenvalue weighted by Gasteiger charge is -2.08. The molecule has 0 unspecified atom stereocenters. The number of esters is 1. The number of hydrogen-bond donors (Lipinski definition) is 1. The number of nitrogens with one attached hydrogen (secondary N) is 1. The molecule has 6 heteroatoms. The summed E-state index contributed by atoms with van der Waals surface area (Å²) < 4.78 is 6.14. The molecule has 0 heterocycles. The van der Waals surface area contributed by atoms with Crippen LogP contribution in [0.15, 0.2) is 51.4 Å². The van der Waals surface area contributed by atoms with Gasteiger partial charge >= 0.3 is 5.97 Å². The van der Waals surface area contributed by atoms with Crippen molar-refractivity contribution in [2.45, 2.75) is 0 Å². The summed E-state index contributed by atoms with van der Waals surface area (Å²) in [5.74, 6) is -0.722. The zero-order chi connectivity index (χ0) is 15.4. The quantitative estimate of drug-likeness (QED) is 0.766. The molecule has 0 aliphatic heterocycles. The summed E-state index contributed by atoms with van der Waals surface area (Å²) in [6, 6.07) is 11.9. The van der Waals surface area contributed by atoms with Gasteiger partial charge in [-0.05, 0) is 52.3 Å². The monoisotopic (exact) mass is 411 g/mol. The molecule has 1 N–H and O–H groups in total. The van der Waals surface area contributed by atoms with Gasteiger partial charge in [-0.25, -0.2) is 4.79 Å². The average Bonchev–Trinajstić information content (AvgIpc) is 2.49. The molecular weight excluding hydrogens is 402 g/mol. The molecule has 0 saturated carbocycles. The van der Waals surface area contributed by atoms with E-state index in [2.05, 4.69) is 41.9 Å². The molecule has 21 heavy (non-hydrogen) atoms. The van der Waals surface area contributed by atoms with E-state index in [9.17, 15) is 9.59 Å². The zero-order valence-electron chi connectivity index (χ0n) is 11.0. The van der Waals surface area contributed by atoms with Crippen molar-refractivity contribution >= 4 is 49.4 Å². The SMILES string of the molecule is COC(=O)c1cccc(NC(=O)c2cc(Br)ccc2Br)c1. The number of carbonyl (C=O) groups excluding carboxylic acids is 2. The molecule has 0 aromatic heterocycles. The van der Waals surface area contributed by atoms with Gasteiger partial charge in [-0.15, -0.1) is 0 Å². The van der Waals surface area contributed by atoms with Gasteiger partial charge in [0.25, 0.3) is 5.91 Å². The number of hydrogen-bond acceptors (Lipinski definition) is 3. The molecule has 0 spiro atoms. The molecule has 4 nitrogen and oxygen atoms in total. The van der Waals surface area contributed by atoms with E-state index in [0.29, 0.717) is 21.3 Å². The van der Waals surface area contributed by atoms with Crippen molar-refractivity contribution in [1.82, 2.24) is 0 Å². The van der Waals surface area contributed by atoms with Gasteiger partial charge in [0, 0.05) is 14.6 Å².